The Morgan fingerprint density at radius 2 is 2.18 bits per heavy atom. The van der Waals surface area contributed by atoms with Crippen molar-refractivity contribution in [2.45, 2.75) is 12.3 Å². The number of anilines is 1. The first-order valence-electron chi connectivity index (χ1n) is 5.46. The topological polar surface area (TPSA) is 55.1 Å². The van der Waals surface area contributed by atoms with E-state index in [1.54, 1.807) is 18.7 Å². The maximum absolute atomic E-state index is 4.88. The lowest BCUT2D eigenvalue weighted by atomic mass is 10.1. The van der Waals surface area contributed by atoms with Crippen LogP contribution in [0.5, 0.6) is 0 Å². The fourth-order valence-corrected chi connectivity index (χ4v) is 2.29. The second-order valence-corrected chi connectivity index (χ2v) is 4.97. The molecule has 0 spiro atoms. The quantitative estimate of drug-likeness (QED) is 0.850. The van der Waals surface area contributed by atoms with Crippen LogP contribution in [0.2, 0.25) is 0 Å². The van der Waals surface area contributed by atoms with Crippen molar-refractivity contribution in [2.75, 3.05) is 18.0 Å². The SMILES string of the molecule is Brc1cnc(N2CCC(c3ccon3)C2)nc1. The van der Waals surface area contributed by atoms with Gasteiger partial charge in [0.1, 0.15) is 6.26 Å². The number of hydrogen-bond acceptors (Lipinski definition) is 5. The molecule has 6 heteroatoms. The molecule has 88 valence electrons. The lowest BCUT2D eigenvalue weighted by Gasteiger charge is -2.15. The number of nitrogens with zero attached hydrogens (tertiary/aromatic N) is 4. The Hall–Kier alpha value is -1.43. The van der Waals surface area contributed by atoms with Crippen LogP contribution in [0.3, 0.4) is 0 Å². The van der Waals surface area contributed by atoms with Crippen LogP contribution in [0.15, 0.2) is 33.7 Å². The molecule has 1 aliphatic heterocycles. The van der Waals surface area contributed by atoms with Gasteiger partial charge in [0.15, 0.2) is 0 Å². The van der Waals surface area contributed by atoms with Gasteiger partial charge in [0.2, 0.25) is 5.95 Å². The largest absolute Gasteiger partial charge is 0.365 e. The van der Waals surface area contributed by atoms with Crippen molar-refractivity contribution in [2.24, 2.45) is 0 Å². The minimum Gasteiger partial charge on any atom is -0.365 e. The predicted molar refractivity (Wildman–Crippen MR) is 65.8 cm³/mol. The van der Waals surface area contributed by atoms with E-state index in [9.17, 15) is 0 Å². The van der Waals surface area contributed by atoms with Crippen LogP contribution in [0.1, 0.15) is 18.0 Å². The smallest absolute Gasteiger partial charge is 0.225 e. The summed E-state index contributed by atoms with van der Waals surface area (Å²) in [7, 11) is 0. The van der Waals surface area contributed by atoms with Crippen molar-refractivity contribution >= 4 is 21.9 Å². The molecule has 1 saturated heterocycles. The first kappa shape index (κ1) is 10.7. The molecular formula is C11H11BrN4O. The number of halogens is 1. The van der Waals surface area contributed by atoms with Gasteiger partial charge >= 0.3 is 0 Å². The molecule has 2 aromatic heterocycles. The average Bonchev–Trinajstić information content (AvgIpc) is 3.00. The monoisotopic (exact) mass is 294 g/mol. The highest BCUT2D eigenvalue weighted by molar-refractivity contribution is 9.10. The van der Waals surface area contributed by atoms with Crippen molar-refractivity contribution in [3.05, 3.63) is 34.9 Å². The van der Waals surface area contributed by atoms with Crippen LogP contribution in [0, 0.1) is 0 Å². The highest BCUT2D eigenvalue weighted by atomic mass is 79.9. The molecule has 0 radical (unpaired) electrons. The van der Waals surface area contributed by atoms with Gasteiger partial charge in [-0.1, -0.05) is 5.16 Å². The van der Waals surface area contributed by atoms with E-state index in [1.165, 1.54) is 0 Å². The summed E-state index contributed by atoms with van der Waals surface area (Å²) in [5.74, 6) is 1.19. The second kappa shape index (κ2) is 4.44. The maximum Gasteiger partial charge on any atom is 0.225 e. The fourth-order valence-electron chi connectivity index (χ4n) is 2.08. The van der Waals surface area contributed by atoms with Gasteiger partial charge in [0, 0.05) is 37.5 Å². The molecule has 1 aliphatic rings. The van der Waals surface area contributed by atoms with Crippen LogP contribution in [-0.4, -0.2) is 28.2 Å². The summed E-state index contributed by atoms with van der Waals surface area (Å²) in [6.07, 6.45) is 6.22. The lowest BCUT2D eigenvalue weighted by Crippen LogP contribution is -2.21. The highest BCUT2D eigenvalue weighted by Crippen LogP contribution is 2.28. The Morgan fingerprint density at radius 3 is 2.88 bits per heavy atom. The molecule has 2 aromatic rings. The molecule has 0 N–H and O–H groups in total. The molecule has 17 heavy (non-hydrogen) atoms. The molecule has 0 bridgehead atoms. The summed E-state index contributed by atoms with van der Waals surface area (Å²) >= 11 is 3.33. The predicted octanol–water partition coefficient (Wildman–Crippen LogP) is 2.22. The molecule has 1 unspecified atom stereocenters. The van der Waals surface area contributed by atoms with Crippen LogP contribution in [0.25, 0.3) is 0 Å². The Bertz CT molecular complexity index is 485. The Labute approximate surface area is 107 Å². The van der Waals surface area contributed by atoms with Crippen molar-refractivity contribution in [3.63, 3.8) is 0 Å². The Balaban J connectivity index is 1.74. The molecule has 0 aliphatic carbocycles. The lowest BCUT2D eigenvalue weighted by molar-refractivity contribution is 0.406. The van der Waals surface area contributed by atoms with Gasteiger partial charge in [0.25, 0.3) is 0 Å². The van der Waals surface area contributed by atoms with E-state index >= 15 is 0 Å². The molecule has 0 aromatic carbocycles. The maximum atomic E-state index is 4.88. The Morgan fingerprint density at radius 1 is 1.35 bits per heavy atom. The molecule has 1 atom stereocenters. The molecule has 5 nitrogen and oxygen atoms in total. The zero-order valence-corrected chi connectivity index (χ0v) is 10.7. The van der Waals surface area contributed by atoms with Gasteiger partial charge in [0.05, 0.1) is 10.2 Å². The van der Waals surface area contributed by atoms with Gasteiger partial charge in [-0.3, -0.25) is 0 Å². The van der Waals surface area contributed by atoms with Crippen molar-refractivity contribution in [3.8, 4) is 0 Å². The summed E-state index contributed by atoms with van der Waals surface area (Å²) < 4.78 is 5.77. The molecule has 0 amide bonds. The van der Waals surface area contributed by atoms with Crippen LogP contribution < -0.4 is 4.90 Å². The zero-order chi connectivity index (χ0) is 11.7. The normalized spacial score (nSPS) is 19.8. The number of rotatable bonds is 2. The first-order chi connectivity index (χ1) is 8.33. The number of aromatic nitrogens is 3. The fraction of sp³-hybridized carbons (Fsp3) is 0.364. The van der Waals surface area contributed by atoms with Gasteiger partial charge < -0.3 is 9.42 Å². The van der Waals surface area contributed by atoms with E-state index in [0.717, 1.165) is 35.6 Å². The molecule has 1 fully saturated rings. The van der Waals surface area contributed by atoms with E-state index < -0.39 is 0 Å². The Kier molecular flexibility index (Phi) is 2.80. The average molecular weight is 295 g/mol. The van der Waals surface area contributed by atoms with Crippen molar-refractivity contribution < 1.29 is 4.52 Å². The van der Waals surface area contributed by atoms with Gasteiger partial charge in [-0.15, -0.1) is 0 Å². The van der Waals surface area contributed by atoms with Gasteiger partial charge in [-0.2, -0.15) is 0 Å². The molecule has 3 heterocycles. The highest BCUT2D eigenvalue weighted by Gasteiger charge is 2.27. The van der Waals surface area contributed by atoms with Crippen molar-refractivity contribution in [1.82, 2.24) is 15.1 Å². The summed E-state index contributed by atoms with van der Waals surface area (Å²) in [6.45, 7) is 1.85. The van der Waals surface area contributed by atoms with E-state index in [2.05, 4.69) is 36.0 Å². The standard InChI is InChI=1S/C11H11BrN4O/c12-9-5-13-11(14-6-9)16-3-1-8(7-16)10-2-4-17-15-10/h2,4-6,8H,1,3,7H2. The van der Waals surface area contributed by atoms with E-state index in [-0.39, 0.29) is 0 Å². The number of hydrogen-bond donors (Lipinski definition) is 0. The van der Waals surface area contributed by atoms with E-state index in [1.807, 2.05) is 6.07 Å². The van der Waals surface area contributed by atoms with Gasteiger partial charge in [-0.25, -0.2) is 9.97 Å². The van der Waals surface area contributed by atoms with Crippen molar-refractivity contribution in [1.29, 1.82) is 0 Å². The third-order valence-corrected chi connectivity index (χ3v) is 3.36. The second-order valence-electron chi connectivity index (χ2n) is 4.06. The van der Waals surface area contributed by atoms with Gasteiger partial charge in [-0.05, 0) is 22.4 Å². The minimum atomic E-state index is 0.418. The summed E-state index contributed by atoms with van der Waals surface area (Å²) in [4.78, 5) is 10.8. The van der Waals surface area contributed by atoms with E-state index in [4.69, 9.17) is 4.52 Å². The van der Waals surface area contributed by atoms with Crippen LogP contribution in [-0.2, 0) is 0 Å². The van der Waals surface area contributed by atoms with Crippen LogP contribution in [0.4, 0.5) is 5.95 Å². The zero-order valence-electron chi connectivity index (χ0n) is 9.08. The molecular weight excluding hydrogens is 284 g/mol. The summed E-state index contributed by atoms with van der Waals surface area (Å²) in [6, 6.07) is 1.93. The minimum absolute atomic E-state index is 0.418. The first-order valence-corrected chi connectivity index (χ1v) is 6.25. The summed E-state index contributed by atoms with van der Waals surface area (Å²) in [5.41, 5.74) is 1.02. The third kappa shape index (κ3) is 2.17. The summed E-state index contributed by atoms with van der Waals surface area (Å²) in [5, 5.41) is 3.99. The molecule has 0 saturated carbocycles. The third-order valence-electron chi connectivity index (χ3n) is 2.95. The van der Waals surface area contributed by atoms with E-state index in [0.29, 0.717) is 5.92 Å². The van der Waals surface area contributed by atoms with Crippen LogP contribution >= 0.6 is 15.9 Å². The molecule has 3 rings (SSSR count).